The van der Waals surface area contributed by atoms with Crippen molar-refractivity contribution >= 4 is 39.4 Å². The van der Waals surface area contributed by atoms with Crippen LogP contribution in [0.15, 0.2) is 47.8 Å². The Kier molecular flexibility index (Phi) is 6.11. The lowest BCUT2D eigenvalue weighted by molar-refractivity contribution is -0.119. The minimum atomic E-state index is -3.66. The third-order valence-electron chi connectivity index (χ3n) is 3.22. The molecule has 2 rings (SSSR count). The number of nitrogens with zero attached hydrogens (tertiary/aromatic N) is 3. The molecular weight excluding hydrogens is 364 g/mol. The van der Waals surface area contributed by atoms with Gasteiger partial charge in [0, 0.05) is 17.4 Å². The van der Waals surface area contributed by atoms with E-state index in [0.29, 0.717) is 16.3 Å². The van der Waals surface area contributed by atoms with Crippen molar-refractivity contribution < 1.29 is 13.2 Å². The Hall–Kier alpha value is -2.45. The molecule has 0 aliphatic carbocycles. The number of sulfonamides is 1. The van der Waals surface area contributed by atoms with Gasteiger partial charge in [-0.2, -0.15) is 5.10 Å². The molecule has 9 heteroatoms. The zero-order valence-corrected chi connectivity index (χ0v) is 15.3. The third kappa shape index (κ3) is 5.54. The molecule has 1 aromatic carbocycles. The van der Waals surface area contributed by atoms with Gasteiger partial charge in [-0.1, -0.05) is 11.6 Å². The molecular formula is C16H17ClN4O3S. The second-order valence-electron chi connectivity index (χ2n) is 5.27. The van der Waals surface area contributed by atoms with E-state index in [2.05, 4.69) is 15.5 Å². The fourth-order valence-corrected chi connectivity index (χ4v) is 3.21. The number of hydrogen-bond acceptors (Lipinski definition) is 5. The molecule has 0 unspecified atom stereocenters. The van der Waals surface area contributed by atoms with Crippen LogP contribution in [0.5, 0.6) is 0 Å². The number of rotatable bonds is 6. The summed E-state index contributed by atoms with van der Waals surface area (Å²) in [5.41, 5.74) is 4.10. The van der Waals surface area contributed by atoms with E-state index in [9.17, 15) is 13.2 Å². The molecule has 0 bridgehead atoms. The van der Waals surface area contributed by atoms with Gasteiger partial charge in [0.2, 0.25) is 10.0 Å². The van der Waals surface area contributed by atoms with E-state index >= 15 is 0 Å². The summed E-state index contributed by atoms with van der Waals surface area (Å²) in [5, 5.41) is 4.30. The predicted molar refractivity (Wildman–Crippen MR) is 98.4 cm³/mol. The Morgan fingerprint density at radius 1 is 1.32 bits per heavy atom. The van der Waals surface area contributed by atoms with Gasteiger partial charge >= 0.3 is 0 Å². The lowest BCUT2D eigenvalue weighted by atomic mass is 10.2. The molecule has 0 fully saturated rings. The fourth-order valence-electron chi connectivity index (χ4n) is 2.07. The van der Waals surface area contributed by atoms with Crippen molar-refractivity contribution in [3.8, 4) is 0 Å². The summed E-state index contributed by atoms with van der Waals surface area (Å²) in [5.74, 6) is -0.565. The van der Waals surface area contributed by atoms with Crippen molar-refractivity contribution in [3.63, 3.8) is 0 Å². The first kappa shape index (κ1) is 18.9. The van der Waals surface area contributed by atoms with Gasteiger partial charge in [-0.15, -0.1) is 0 Å². The smallest absolute Gasteiger partial charge is 0.260 e. The molecule has 0 radical (unpaired) electrons. The van der Waals surface area contributed by atoms with Crippen molar-refractivity contribution in [2.45, 2.75) is 6.92 Å². The van der Waals surface area contributed by atoms with Crippen LogP contribution in [0.2, 0.25) is 5.02 Å². The van der Waals surface area contributed by atoms with E-state index < -0.39 is 22.5 Å². The Balaban J connectivity index is 2.12. The van der Waals surface area contributed by atoms with Gasteiger partial charge in [-0.3, -0.25) is 14.1 Å². The number of carbonyl (C=O) groups is 1. The molecule has 1 N–H and O–H groups in total. The van der Waals surface area contributed by atoms with Gasteiger partial charge in [0.25, 0.3) is 5.91 Å². The lowest BCUT2D eigenvalue weighted by Crippen LogP contribution is -2.39. The van der Waals surface area contributed by atoms with E-state index in [4.69, 9.17) is 11.6 Å². The molecule has 0 aliphatic heterocycles. The molecule has 25 heavy (non-hydrogen) atoms. The number of halogens is 1. The predicted octanol–water partition coefficient (Wildman–Crippen LogP) is 1.96. The molecule has 0 spiro atoms. The number of hydrazone groups is 1. The molecule has 0 saturated heterocycles. The number of pyridine rings is 1. The van der Waals surface area contributed by atoms with Crippen molar-refractivity contribution in [1.29, 1.82) is 0 Å². The topological polar surface area (TPSA) is 91.7 Å². The van der Waals surface area contributed by atoms with Gasteiger partial charge in [-0.05, 0) is 48.4 Å². The largest absolute Gasteiger partial charge is 0.271 e. The number of amides is 1. The van der Waals surface area contributed by atoms with Crippen molar-refractivity contribution in [2.75, 3.05) is 17.1 Å². The summed E-state index contributed by atoms with van der Waals surface area (Å²) >= 11 is 5.90. The maximum Gasteiger partial charge on any atom is 0.260 e. The average Bonchev–Trinajstić information content (AvgIpc) is 2.53. The fraction of sp³-hybridized carbons (Fsp3) is 0.188. The molecule has 0 aliphatic rings. The Morgan fingerprint density at radius 3 is 2.60 bits per heavy atom. The number of carbonyl (C=O) groups excluding carboxylic acids is 1. The normalized spacial score (nSPS) is 11.5. The maximum atomic E-state index is 12.1. The maximum absolute atomic E-state index is 12.1. The molecule has 0 saturated carbocycles. The van der Waals surface area contributed by atoms with Crippen LogP contribution in [0.4, 0.5) is 5.69 Å². The number of anilines is 1. The number of hydrogen-bond donors (Lipinski definition) is 1. The molecule has 7 nitrogen and oxygen atoms in total. The third-order valence-corrected chi connectivity index (χ3v) is 4.59. The highest BCUT2D eigenvalue weighted by molar-refractivity contribution is 7.92. The van der Waals surface area contributed by atoms with Crippen LogP contribution in [0, 0.1) is 6.92 Å². The molecule has 2 aromatic rings. The molecule has 0 atom stereocenters. The Morgan fingerprint density at radius 2 is 2.00 bits per heavy atom. The monoisotopic (exact) mass is 380 g/mol. The van der Waals surface area contributed by atoms with Gasteiger partial charge in [0.05, 0.1) is 18.2 Å². The van der Waals surface area contributed by atoms with Crippen LogP contribution < -0.4 is 9.73 Å². The summed E-state index contributed by atoms with van der Waals surface area (Å²) in [6.45, 7) is 1.33. The van der Waals surface area contributed by atoms with E-state index in [1.165, 1.54) is 6.21 Å². The number of nitrogens with one attached hydrogen (secondary N) is 1. The first-order valence-electron chi connectivity index (χ1n) is 7.23. The van der Waals surface area contributed by atoms with Crippen molar-refractivity contribution in [2.24, 2.45) is 5.10 Å². The summed E-state index contributed by atoms with van der Waals surface area (Å²) in [6, 6.07) is 8.20. The average molecular weight is 381 g/mol. The van der Waals surface area contributed by atoms with Crippen LogP contribution in [0.1, 0.15) is 11.1 Å². The van der Waals surface area contributed by atoms with Gasteiger partial charge in [-0.25, -0.2) is 13.8 Å². The van der Waals surface area contributed by atoms with Crippen LogP contribution in [0.25, 0.3) is 0 Å². The Labute approximate surface area is 151 Å². The van der Waals surface area contributed by atoms with Crippen LogP contribution in [-0.2, 0) is 14.8 Å². The zero-order valence-electron chi connectivity index (χ0n) is 13.7. The number of aryl methyl sites for hydroxylation is 1. The van der Waals surface area contributed by atoms with Gasteiger partial charge in [0.1, 0.15) is 6.54 Å². The first-order valence-corrected chi connectivity index (χ1v) is 9.46. The molecule has 132 valence electrons. The van der Waals surface area contributed by atoms with E-state index in [0.717, 1.165) is 16.1 Å². The zero-order chi connectivity index (χ0) is 18.4. The van der Waals surface area contributed by atoms with E-state index in [1.54, 1.807) is 49.6 Å². The van der Waals surface area contributed by atoms with Gasteiger partial charge < -0.3 is 0 Å². The standard InChI is InChI=1S/C16H17ClN4O3S/c1-12-9-14(17)3-4-15(12)21(25(2,23)24)11-16(22)20-19-10-13-5-7-18-8-6-13/h3-10H,11H2,1-2H3,(H,20,22)/b19-10-. The van der Waals surface area contributed by atoms with Crippen LogP contribution in [0.3, 0.4) is 0 Å². The molecule has 1 amide bonds. The molecule has 1 heterocycles. The SMILES string of the molecule is Cc1cc(Cl)ccc1N(CC(=O)N/N=C\c1ccncc1)S(C)(=O)=O. The lowest BCUT2D eigenvalue weighted by Gasteiger charge is -2.23. The summed E-state index contributed by atoms with van der Waals surface area (Å²) in [4.78, 5) is 15.9. The summed E-state index contributed by atoms with van der Waals surface area (Å²) in [6.07, 6.45) is 5.67. The van der Waals surface area contributed by atoms with Gasteiger partial charge in [0.15, 0.2) is 0 Å². The summed E-state index contributed by atoms with van der Waals surface area (Å²) in [7, 11) is -3.66. The summed E-state index contributed by atoms with van der Waals surface area (Å²) < 4.78 is 25.1. The van der Waals surface area contributed by atoms with E-state index in [-0.39, 0.29) is 0 Å². The van der Waals surface area contributed by atoms with Crippen LogP contribution in [-0.4, -0.2) is 38.3 Å². The second kappa shape index (κ2) is 8.09. The quantitative estimate of drug-likeness (QED) is 0.612. The molecule has 1 aromatic heterocycles. The van der Waals surface area contributed by atoms with E-state index in [1.807, 2.05) is 0 Å². The highest BCUT2D eigenvalue weighted by Crippen LogP contribution is 2.25. The highest BCUT2D eigenvalue weighted by atomic mass is 35.5. The first-order chi connectivity index (χ1) is 11.8. The minimum Gasteiger partial charge on any atom is -0.271 e. The minimum absolute atomic E-state index is 0.389. The highest BCUT2D eigenvalue weighted by Gasteiger charge is 2.22. The van der Waals surface area contributed by atoms with Crippen LogP contribution >= 0.6 is 11.6 Å². The second-order valence-corrected chi connectivity index (χ2v) is 7.62. The number of benzene rings is 1. The van der Waals surface area contributed by atoms with Crippen molar-refractivity contribution in [1.82, 2.24) is 10.4 Å². The number of aromatic nitrogens is 1. The van der Waals surface area contributed by atoms with Crippen molar-refractivity contribution in [3.05, 3.63) is 58.9 Å². The Bertz CT molecular complexity index is 886.